The lowest BCUT2D eigenvalue weighted by Gasteiger charge is -2.21. The maximum Gasteiger partial charge on any atom is 0.573 e. The van der Waals surface area contributed by atoms with Crippen molar-refractivity contribution in [1.82, 2.24) is 0 Å². The van der Waals surface area contributed by atoms with Crippen LogP contribution in [0.4, 0.5) is 13.2 Å². The summed E-state index contributed by atoms with van der Waals surface area (Å²) in [5, 5.41) is 9.88. The molecule has 0 aliphatic carbocycles. The topological polar surface area (TPSA) is 55.5 Å². The lowest BCUT2D eigenvalue weighted by Crippen LogP contribution is -2.27. The van der Waals surface area contributed by atoms with Crippen molar-refractivity contribution in [2.45, 2.75) is 38.8 Å². The van der Waals surface area contributed by atoms with Crippen molar-refractivity contribution in [3.63, 3.8) is 0 Å². The summed E-state index contributed by atoms with van der Waals surface area (Å²) >= 11 is 0. The number of ether oxygens (including phenoxy) is 1. The first-order valence-electron chi connectivity index (χ1n) is 5.98. The number of aliphatic hydroxyl groups is 1. The molecule has 0 aliphatic heterocycles. The number of rotatable bonds is 5. The summed E-state index contributed by atoms with van der Waals surface area (Å²) in [6, 6.07) is 4.63. The second-order valence-corrected chi connectivity index (χ2v) is 4.84. The Morgan fingerprint density at radius 3 is 2.47 bits per heavy atom. The molecule has 0 amide bonds. The largest absolute Gasteiger partial charge is 0.573 e. The third kappa shape index (κ3) is 5.48. The molecule has 1 rings (SSSR count). The Bertz CT molecular complexity index is 407. The fourth-order valence-electron chi connectivity index (χ4n) is 1.77. The molecule has 1 aromatic rings. The van der Waals surface area contributed by atoms with Gasteiger partial charge in [0.05, 0.1) is 12.1 Å². The summed E-state index contributed by atoms with van der Waals surface area (Å²) in [6.07, 6.45) is -5.06. The van der Waals surface area contributed by atoms with E-state index in [-0.39, 0.29) is 11.7 Å². The summed E-state index contributed by atoms with van der Waals surface area (Å²) in [4.78, 5) is 0. The van der Waals surface area contributed by atoms with Gasteiger partial charge < -0.3 is 15.6 Å². The molecule has 0 radical (unpaired) electrons. The van der Waals surface area contributed by atoms with E-state index in [2.05, 4.69) is 4.74 Å². The van der Waals surface area contributed by atoms with Crippen LogP contribution in [-0.2, 0) is 0 Å². The number of aliphatic hydroxyl groups excluding tert-OH is 1. The molecular formula is C13H18F3NO2. The number of halogens is 3. The molecule has 0 saturated heterocycles. The molecule has 0 saturated carbocycles. The summed E-state index contributed by atoms with van der Waals surface area (Å²) in [5.41, 5.74) is 6.24. The number of hydrogen-bond acceptors (Lipinski definition) is 3. The van der Waals surface area contributed by atoms with Gasteiger partial charge in [0.1, 0.15) is 5.75 Å². The highest BCUT2D eigenvalue weighted by atomic mass is 19.4. The quantitative estimate of drug-likeness (QED) is 0.870. The van der Waals surface area contributed by atoms with Crippen LogP contribution >= 0.6 is 0 Å². The van der Waals surface area contributed by atoms with Gasteiger partial charge in [-0.25, -0.2) is 0 Å². The highest BCUT2D eigenvalue weighted by molar-refractivity contribution is 5.31. The molecule has 0 bridgehead atoms. The summed E-state index contributed by atoms with van der Waals surface area (Å²) < 4.78 is 40.1. The minimum absolute atomic E-state index is 0.246. The van der Waals surface area contributed by atoms with Crippen LogP contribution in [0.3, 0.4) is 0 Å². The van der Waals surface area contributed by atoms with Crippen LogP contribution < -0.4 is 10.5 Å². The van der Waals surface area contributed by atoms with Crippen molar-refractivity contribution < 1.29 is 23.0 Å². The predicted octanol–water partition coefficient (Wildman–Crippen LogP) is 2.99. The smallest absolute Gasteiger partial charge is 0.406 e. The van der Waals surface area contributed by atoms with Gasteiger partial charge in [-0.3, -0.25) is 0 Å². The molecular weight excluding hydrogens is 259 g/mol. The maximum atomic E-state index is 12.1. The molecule has 0 heterocycles. The van der Waals surface area contributed by atoms with Gasteiger partial charge in [-0.1, -0.05) is 26.0 Å². The van der Waals surface area contributed by atoms with Crippen molar-refractivity contribution in [3.8, 4) is 5.75 Å². The Hall–Kier alpha value is -1.27. The van der Waals surface area contributed by atoms with Crippen molar-refractivity contribution in [1.29, 1.82) is 0 Å². The van der Waals surface area contributed by atoms with Crippen LogP contribution in [0, 0.1) is 5.92 Å². The lowest BCUT2D eigenvalue weighted by atomic mass is 9.95. The van der Waals surface area contributed by atoms with Crippen LogP contribution in [0.5, 0.6) is 5.75 Å². The summed E-state index contributed by atoms with van der Waals surface area (Å²) in [6.45, 7) is 3.86. The molecule has 2 atom stereocenters. The molecule has 0 unspecified atom stereocenters. The zero-order chi connectivity index (χ0) is 14.6. The first-order chi connectivity index (χ1) is 8.69. The predicted molar refractivity (Wildman–Crippen MR) is 65.5 cm³/mol. The van der Waals surface area contributed by atoms with E-state index < -0.39 is 18.5 Å². The molecule has 6 heteroatoms. The first kappa shape index (κ1) is 15.8. The monoisotopic (exact) mass is 277 g/mol. The summed E-state index contributed by atoms with van der Waals surface area (Å²) in [7, 11) is 0. The summed E-state index contributed by atoms with van der Waals surface area (Å²) in [5.74, 6) is -0.0899. The molecule has 19 heavy (non-hydrogen) atoms. The standard InChI is InChI=1S/C13H18F3NO2/c1-8(2)6-11(18)12(17)9-4-3-5-10(7-9)19-13(14,15)16/h3-5,7-8,11-12,18H,6,17H2,1-2H3/t11-,12+/m0/s1. The number of hydrogen-bond donors (Lipinski definition) is 2. The number of benzene rings is 1. The van der Waals surface area contributed by atoms with Gasteiger partial charge >= 0.3 is 6.36 Å². The molecule has 108 valence electrons. The highest BCUT2D eigenvalue weighted by Gasteiger charge is 2.31. The molecule has 0 aromatic heterocycles. The van der Waals surface area contributed by atoms with Crippen molar-refractivity contribution >= 4 is 0 Å². The number of alkyl halides is 3. The van der Waals surface area contributed by atoms with Crippen LogP contribution in [0.15, 0.2) is 24.3 Å². The Labute approximate surface area is 110 Å². The zero-order valence-corrected chi connectivity index (χ0v) is 10.8. The van der Waals surface area contributed by atoms with Crippen molar-refractivity contribution in [2.75, 3.05) is 0 Å². The van der Waals surface area contributed by atoms with Gasteiger partial charge in [0.25, 0.3) is 0 Å². The van der Waals surface area contributed by atoms with E-state index in [4.69, 9.17) is 5.73 Å². The fraction of sp³-hybridized carbons (Fsp3) is 0.538. The normalized spacial score (nSPS) is 15.4. The Morgan fingerprint density at radius 1 is 1.32 bits per heavy atom. The average molecular weight is 277 g/mol. The maximum absolute atomic E-state index is 12.1. The minimum Gasteiger partial charge on any atom is -0.406 e. The third-order valence-electron chi connectivity index (χ3n) is 2.60. The molecule has 1 aromatic carbocycles. The zero-order valence-electron chi connectivity index (χ0n) is 10.8. The highest BCUT2D eigenvalue weighted by Crippen LogP contribution is 2.27. The SMILES string of the molecule is CC(C)C[C@H](O)[C@H](N)c1cccc(OC(F)(F)F)c1. The van der Waals surface area contributed by atoms with E-state index in [1.807, 2.05) is 13.8 Å². The van der Waals surface area contributed by atoms with Crippen LogP contribution in [0.25, 0.3) is 0 Å². The third-order valence-corrected chi connectivity index (χ3v) is 2.60. The average Bonchev–Trinajstić information content (AvgIpc) is 2.25. The van der Waals surface area contributed by atoms with E-state index in [1.54, 1.807) is 6.07 Å². The first-order valence-corrected chi connectivity index (χ1v) is 5.98. The Kier molecular flexibility index (Phi) is 5.20. The van der Waals surface area contributed by atoms with Crippen LogP contribution in [0.1, 0.15) is 31.9 Å². The van der Waals surface area contributed by atoms with Gasteiger partial charge in [0.15, 0.2) is 0 Å². The molecule has 0 spiro atoms. The van der Waals surface area contributed by atoms with Gasteiger partial charge in [0, 0.05) is 0 Å². The lowest BCUT2D eigenvalue weighted by molar-refractivity contribution is -0.274. The number of nitrogens with two attached hydrogens (primary N) is 1. The minimum atomic E-state index is -4.74. The van der Waals surface area contributed by atoms with E-state index in [1.165, 1.54) is 18.2 Å². The van der Waals surface area contributed by atoms with Crippen LogP contribution in [0.2, 0.25) is 0 Å². The van der Waals surface area contributed by atoms with Gasteiger partial charge in [-0.05, 0) is 30.0 Å². The van der Waals surface area contributed by atoms with Gasteiger partial charge in [0.2, 0.25) is 0 Å². The molecule has 3 N–H and O–H groups in total. The van der Waals surface area contributed by atoms with Gasteiger partial charge in [-0.2, -0.15) is 0 Å². The fourth-order valence-corrected chi connectivity index (χ4v) is 1.77. The Morgan fingerprint density at radius 2 is 1.95 bits per heavy atom. The Balaban J connectivity index is 2.81. The van der Waals surface area contributed by atoms with Crippen LogP contribution in [-0.4, -0.2) is 17.6 Å². The van der Waals surface area contributed by atoms with E-state index in [9.17, 15) is 18.3 Å². The second kappa shape index (κ2) is 6.25. The van der Waals surface area contributed by atoms with Crippen molar-refractivity contribution in [2.24, 2.45) is 11.7 Å². The van der Waals surface area contributed by atoms with E-state index in [0.717, 1.165) is 0 Å². The van der Waals surface area contributed by atoms with E-state index >= 15 is 0 Å². The molecule has 0 fully saturated rings. The van der Waals surface area contributed by atoms with E-state index in [0.29, 0.717) is 12.0 Å². The van der Waals surface area contributed by atoms with Crippen molar-refractivity contribution in [3.05, 3.63) is 29.8 Å². The molecule has 0 aliphatic rings. The van der Waals surface area contributed by atoms with Gasteiger partial charge in [-0.15, -0.1) is 13.2 Å². The second-order valence-electron chi connectivity index (χ2n) is 4.84. The molecule has 3 nitrogen and oxygen atoms in total.